The topological polar surface area (TPSA) is 114 Å². The van der Waals surface area contributed by atoms with Gasteiger partial charge < -0.3 is 9.84 Å². The molecule has 0 spiro atoms. The molecule has 124 valence electrons. The third-order valence-corrected chi connectivity index (χ3v) is 4.89. The van der Waals surface area contributed by atoms with Crippen LogP contribution in [0, 0.1) is 20.8 Å². The minimum absolute atomic E-state index is 0.0502. The van der Waals surface area contributed by atoms with E-state index in [0.717, 1.165) is 5.69 Å². The van der Waals surface area contributed by atoms with Crippen molar-refractivity contribution < 1.29 is 17.7 Å². The Kier molecular flexibility index (Phi) is 4.81. The normalized spacial score (nSPS) is 12.9. The maximum atomic E-state index is 12.3. The number of pyridine rings is 1. The molecule has 2 N–H and O–H groups in total. The van der Waals surface area contributed by atoms with Crippen LogP contribution >= 0.6 is 0 Å². The lowest BCUT2D eigenvalue weighted by molar-refractivity contribution is -0.117. The molecular formula is C14H18N4O4S. The van der Waals surface area contributed by atoms with Crippen molar-refractivity contribution >= 4 is 21.7 Å². The van der Waals surface area contributed by atoms with Gasteiger partial charge in [0.05, 0.1) is 6.04 Å². The summed E-state index contributed by atoms with van der Waals surface area (Å²) in [6.07, 6.45) is 0. The van der Waals surface area contributed by atoms with Crippen LogP contribution in [0.2, 0.25) is 0 Å². The Balaban J connectivity index is 2.12. The molecule has 23 heavy (non-hydrogen) atoms. The monoisotopic (exact) mass is 338 g/mol. The standard InChI is InChI=1S/C14H18N4O4S/c1-8-6-5-7-12(15-8)16-14(19)10(3)18-23(20,21)13-9(2)17-22-11(13)4/h5-7,10,18H,1-4H3,(H,15,16,19)/t10-/m0/s1. The van der Waals surface area contributed by atoms with E-state index < -0.39 is 22.0 Å². The number of hydrogen-bond acceptors (Lipinski definition) is 6. The summed E-state index contributed by atoms with van der Waals surface area (Å²) in [6.45, 7) is 6.25. The van der Waals surface area contributed by atoms with Crippen LogP contribution in [0.5, 0.6) is 0 Å². The molecule has 0 bridgehead atoms. The fourth-order valence-electron chi connectivity index (χ4n) is 2.05. The minimum atomic E-state index is -3.91. The number of carbonyl (C=O) groups excluding carboxylic acids is 1. The quantitative estimate of drug-likeness (QED) is 0.849. The third-order valence-electron chi connectivity index (χ3n) is 3.10. The Morgan fingerprint density at radius 3 is 2.52 bits per heavy atom. The van der Waals surface area contributed by atoms with Crippen molar-refractivity contribution in [3.63, 3.8) is 0 Å². The Labute approximate surface area is 134 Å². The molecule has 2 heterocycles. The van der Waals surface area contributed by atoms with Crippen LogP contribution < -0.4 is 10.0 Å². The Hall–Kier alpha value is -2.26. The summed E-state index contributed by atoms with van der Waals surface area (Å²) < 4.78 is 31.9. The highest BCUT2D eigenvalue weighted by Gasteiger charge is 2.28. The minimum Gasteiger partial charge on any atom is -0.360 e. The zero-order valence-corrected chi connectivity index (χ0v) is 14.1. The second kappa shape index (κ2) is 6.47. The van der Waals surface area contributed by atoms with Crippen LogP contribution in [-0.2, 0) is 14.8 Å². The van der Waals surface area contributed by atoms with E-state index in [1.807, 2.05) is 0 Å². The van der Waals surface area contributed by atoms with Gasteiger partial charge in [-0.3, -0.25) is 4.79 Å². The average molecular weight is 338 g/mol. The van der Waals surface area contributed by atoms with E-state index in [-0.39, 0.29) is 16.3 Å². The predicted molar refractivity (Wildman–Crippen MR) is 83.4 cm³/mol. The van der Waals surface area contributed by atoms with Crippen LogP contribution in [0.3, 0.4) is 0 Å². The van der Waals surface area contributed by atoms with E-state index in [9.17, 15) is 13.2 Å². The number of nitrogens with one attached hydrogen (secondary N) is 2. The van der Waals surface area contributed by atoms with Crippen molar-refractivity contribution in [3.05, 3.63) is 35.3 Å². The van der Waals surface area contributed by atoms with Gasteiger partial charge in [-0.15, -0.1) is 0 Å². The lowest BCUT2D eigenvalue weighted by Crippen LogP contribution is -2.41. The van der Waals surface area contributed by atoms with Crippen molar-refractivity contribution in [2.24, 2.45) is 0 Å². The average Bonchev–Trinajstić information content (AvgIpc) is 2.78. The first-order valence-corrected chi connectivity index (χ1v) is 8.39. The van der Waals surface area contributed by atoms with Crippen molar-refractivity contribution in [1.82, 2.24) is 14.9 Å². The van der Waals surface area contributed by atoms with Crippen molar-refractivity contribution in [3.8, 4) is 0 Å². The number of aromatic nitrogens is 2. The molecule has 0 aliphatic rings. The van der Waals surface area contributed by atoms with E-state index >= 15 is 0 Å². The summed E-state index contributed by atoms with van der Waals surface area (Å²) >= 11 is 0. The highest BCUT2D eigenvalue weighted by Crippen LogP contribution is 2.19. The van der Waals surface area contributed by atoms with Crippen LogP contribution in [0.15, 0.2) is 27.6 Å². The second-order valence-electron chi connectivity index (χ2n) is 5.15. The van der Waals surface area contributed by atoms with Crippen LogP contribution in [0.4, 0.5) is 5.82 Å². The molecule has 1 amide bonds. The maximum Gasteiger partial charge on any atom is 0.246 e. The summed E-state index contributed by atoms with van der Waals surface area (Å²) in [5.41, 5.74) is 0.981. The molecule has 9 heteroatoms. The molecule has 0 fully saturated rings. The molecule has 2 aromatic heterocycles. The van der Waals surface area contributed by atoms with Gasteiger partial charge in [-0.1, -0.05) is 11.2 Å². The number of hydrogen-bond donors (Lipinski definition) is 2. The van der Waals surface area contributed by atoms with Crippen LogP contribution in [-0.4, -0.2) is 30.5 Å². The first-order valence-electron chi connectivity index (χ1n) is 6.90. The molecular weight excluding hydrogens is 320 g/mol. The molecule has 0 saturated heterocycles. The summed E-state index contributed by atoms with van der Waals surface area (Å²) in [7, 11) is -3.91. The first kappa shape index (κ1) is 17.1. The number of sulfonamides is 1. The van der Waals surface area contributed by atoms with E-state index in [1.165, 1.54) is 20.8 Å². The molecule has 0 unspecified atom stereocenters. The van der Waals surface area contributed by atoms with Crippen LogP contribution in [0.1, 0.15) is 24.1 Å². The largest absolute Gasteiger partial charge is 0.360 e. The summed E-state index contributed by atoms with van der Waals surface area (Å²) in [6, 6.07) is 4.17. The van der Waals surface area contributed by atoms with Gasteiger partial charge in [-0.2, -0.15) is 4.72 Å². The number of carbonyl (C=O) groups is 1. The number of anilines is 1. The zero-order valence-electron chi connectivity index (χ0n) is 13.2. The summed E-state index contributed by atoms with van der Waals surface area (Å²) in [4.78, 5) is 16.2. The van der Waals surface area contributed by atoms with E-state index in [1.54, 1.807) is 25.1 Å². The Morgan fingerprint density at radius 1 is 1.26 bits per heavy atom. The summed E-state index contributed by atoms with van der Waals surface area (Å²) in [5, 5.41) is 6.17. The van der Waals surface area contributed by atoms with Gasteiger partial charge >= 0.3 is 0 Å². The van der Waals surface area contributed by atoms with Gasteiger partial charge in [0.25, 0.3) is 0 Å². The number of nitrogens with zero attached hydrogens (tertiary/aromatic N) is 2. The number of rotatable bonds is 5. The predicted octanol–water partition coefficient (Wildman–Crippen LogP) is 1.30. The van der Waals surface area contributed by atoms with E-state index in [2.05, 4.69) is 20.2 Å². The first-order chi connectivity index (χ1) is 10.7. The Bertz CT molecular complexity index is 810. The smallest absolute Gasteiger partial charge is 0.246 e. The van der Waals surface area contributed by atoms with Gasteiger partial charge in [0.15, 0.2) is 5.76 Å². The number of aryl methyl sites for hydroxylation is 3. The van der Waals surface area contributed by atoms with E-state index in [4.69, 9.17) is 4.52 Å². The molecule has 0 saturated carbocycles. The zero-order chi connectivity index (χ0) is 17.2. The number of amides is 1. The van der Waals surface area contributed by atoms with E-state index in [0.29, 0.717) is 5.82 Å². The van der Waals surface area contributed by atoms with Crippen LogP contribution in [0.25, 0.3) is 0 Å². The fourth-order valence-corrected chi connectivity index (χ4v) is 3.58. The van der Waals surface area contributed by atoms with Gasteiger partial charge in [-0.05, 0) is 39.8 Å². The maximum absolute atomic E-state index is 12.3. The highest BCUT2D eigenvalue weighted by atomic mass is 32.2. The molecule has 1 atom stereocenters. The van der Waals surface area contributed by atoms with Gasteiger partial charge in [0, 0.05) is 5.69 Å². The van der Waals surface area contributed by atoms with Gasteiger partial charge in [0.1, 0.15) is 16.4 Å². The molecule has 2 aromatic rings. The van der Waals surface area contributed by atoms with Gasteiger partial charge in [-0.25, -0.2) is 13.4 Å². The fraction of sp³-hybridized carbons (Fsp3) is 0.357. The van der Waals surface area contributed by atoms with Gasteiger partial charge in [0.2, 0.25) is 15.9 Å². The summed E-state index contributed by atoms with van der Waals surface area (Å²) in [5.74, 6) is 0.0137. The van der Waals surface area contributed by atoms with Crippen molar-refractivity contribution in [2.75, 3.05) is 5.32 Å². The second-order valence-corrected chi connectivity index (χ2v) is 6.80. The van der Waals surface area contributed by atoms with Crippen molar-refractivity contribution in [2.45, 2.75) is 38.6 Å². The molecule has 0 radical (unpaired) electrons. The molecule has 0 aliphatic carbocycles. The lowest BCUT2D eigenvalue weighted by atomic mass is 10.3. The lowest BCUT2D eigenvalue weighted by Gasteiger charge is -2.14. The third kappa shape index (κ3) is 3.93. The molecule has 0 aliphatic heterocycles. The Morgan fingerprint density at radius 2 is 1.96 bits per heavy atom. The molecule has 0 aromatic carbocycles. The molecule has 8 nitrogen and oxygen atoms in total. The SMILES string of the molecule is Cc1cccc(NC(=O)[C@H](C)NS(=O)(=O)c2c(C)noc2C)n1. The molecule has 2 rings (SSSR count). The van der Waals surface area contributed by atoms with Crippen molar-refractivity contribution in [1.29, 1.82) is 0 Å². The highest BCUT2D eigenvalue weighted by molar-refractivity contribution is 7.89.